The van der Waals surface area contributed by atoms with Crippen molar-refractivity contribution in [3.8, 4) is 0 Å². The van der Waals surface area contributed by atoms with Gasteiger partial charge >= 0.3 is 6.03 Å². The summed E-state index contributed by atoms with van der Waals surface area (Å²) in [4.78, 5) is 43.3. The lowest BCUT2D eigenvalue weighted by Gasteiger charge is -2.32. The quantitative estimate of drug-likeness (QED) is 0.414. The fraction of sp³-hybridized carbons (Fsp3) is 0.440. The summed E-state index contributed by atoms with van der Waals surface area (Å²) in [7, 11) is 0. The van der Waals surface area contributed by atoms with Crippen molar-refractivity contribution in [1.82, 2.24) is 25.8 Å². The molecule has 194 valence electrons. The van der Waals surface area contributed by atoms with E-state index in [0.717, 1.165) is 5.56 Å². The molecule has 0 aliphatic carbocycles. The molecule has 1 fully saturated rings. The van der Waals surface area contributed by atoms with Gasteiger partial charge < -0.3 is 26.0 Å². The van der Waals surface area contributed by atoms with Gasteiger partial charge in [0.2, 0.25) is 5.91 Å². The van der Waals surface area contributed by atoms with Gasteiger partial charge in [0.15, 0.2) is 6.10 Å². The number of aliphatic hydroxyl groups is 1. The van der Waals surface area contributed by atoms with E-state index in [9.17, 15) is 28.3 Å². The van der Waals surface area contributed by atoms with Crippen LogP contribution in [0.25, 0.3) is 0 Å². The fourth-order valence-electron chi connectivity index (χ4n) is 3.76. The number of amides is 4. The van der Waals surface area contributed by atoms with Crippen molar-refractivity contribution in [3.63, 3.8) is 0 Å². The van der Waals surface area contributed by atoms with Crippen molar-refractivity contribution < 1.29 is 28.3 Å². The zero-order valence-corrected chi connectivity index (χ0v) is 20.0. The normalized spacial score (nSPS) is 17.4. The van der Waals surface area contributed by atoms with E-state index in [1.54, 1.807) is 48.7 Å². The van der Waals surface area contributed by atoms with E-state index in [2.05, 4.69) is 20.9 Å². The van der Waals surface area contributed by atoms with Crippen molar-refractivity contribution in [1.29, 1.82) is 0 Å². The highest BCUT2D eigenvalue weighted by Gasteiger charge is 2.36. The average Bonchev–Trinajstić information content (AvgIpc) is 2.87. The number of aromatic nitrogens is 1. The van der Waals surface area contributed by atoms with E-state index in [4.69, 9.17) is 0 Å². The highest BCUT2D eigenvalue weighted by Crippen LogP contribution is 2.27. The molecule has 11 heteroatoms. The second-order valence-electron chi connectivity index (χ2n) is 8.80. The maximum Gasteiger partial charge on any atom is 0.318 e. The molecule has 1 aliphatic heterocycles. The Kier molecular flexibility index (Phi) is 9.29. The minimum atomic E-state index is -2.79. The molecule has 3 atom stereocenters. The molecule has 1 aromatic heterocycles. The summed E-state index contributed by atoms with van der Waals surface area (Å²) in [5.41, 5.74) is 1.39. The van der Waals surface area contributed by atoms with Gasteiger partial charge in [0.25, 0.3) is 11.8 Å². The number of benzene rings is 1. The lowest BCUT2D eigenvalue weighted by atomic mass is 10.00. The maximum atomic E-state index is 13.4. The van der Waals surface area contributed by atoms with E-state index in [1.807, 2.05) is 6.07 Å². The number of carbonyl (C=O) groups excluding carboxylic acids is 3. The smallest absolute Gasteiger partial charge is 0.318 e. The third kappa shape index (κ3) is 7.98. The Morgan fingerprint density at radius 2 is 1.69 bits per heavy atom. The van der Waals surface area contributed by atoms with Crippen LogP contribution in [-0.4, -0.2) is 70.0 Å². The molecule has 9 nitrogen and oxygen atoms in total. The molecule has 2 aromatic rings. The minimum Gasteiger partial charge on any atom is -0.381 e. The number of nitrogens with one attached hydrogen (secondary N) is 3. The number of likely N-dealkylation sites (tertiary alicyclic amines) is 1. The molecule has 1 aromatic carbocycles. The number of carbonyl (C=O) groups is 3. The van der Waals surface area contributed by atoms with Gasteiger partial charge in [-0.05, 0) is 31.0 Å². The van der Waals surface area contributed by atoms with Gasteiger partial charge in [0.05, 0.1) is 18.3 Å². The first-order chi connectivity index (χ1) is 17.1. The van der Waals surface area contributed by atoms with Crippen LogP contribution in [0.4, 0.5) is 13.6 Å². The molecular formula is C25H31F2N5O4. The standard InChI is InChI=1S/C25H31F2N5O4/c1-17(30-24(36)32-13-10-25(26,27)11-14-32)22(34)31-20(15-18-7-3-2-4-8-18)21(33)23(35)29-16-19-9-5-6-12-28-19/h2-9,12,17,20-21,33H,10-11,13-16H2,1H3,(H,29,35)(H,30,36)(H,31,34)/t17-,20-,21+/m1/s1. The molecule has 36 heavy (non-hydrogen) atoms. The Balaban J connectivity index is 1.61. The van der Waals surface area contributed by atoms with Gasteiger partial charge in [0.1, 0.15) is 6.04 Å². The number of hydrogen-bond acceptors (Lipinski definition) is 5. The van der Waals surface area contributed by atoms with E-state index in [0.29, 0.717) is 5.69 Å². The predicted octanol–water partition coefficient (Wildman–Crippen LogP) is 1.62. The summed E-state index contributed by atoms with van der Waals surface area (Å²) in [6.45, 7) is 1.32. The van der Waals surface area contributed by atoms with Crippen molar-refractivity contribution in [2.75, 3.05) is 13.1 Å². The van der Waals surface area contributed by atoms with Gasteiger partial charge in [-0.3, -0.25) is 14.6 Å². The highest BCUT2D eigenvalue weighted by atomic mass is 19.3. The first kappa shape index (κ1) is 27.0. The third-order valence-electron chi connectivity index (χ3n) is 5.96. The summed E-state index contributed by atoms with van der Waals surface area (Å²) in [5.74, 6) is -4.10. The number of alkyl halides is 2. The van der Waals surface area contributed by atoms with E-state index < -0.39 is 54.8 Å². The fourth-order valence-corrected chi connectivity index (χ4v) is 3.76. The monoisotopic (exact) mass is 503 g/mol. The minimum absolute atomic E-state index is 0.101. The molecule has 0 bridgehead atoms. The molecule has 3 rings (SSSR count). The van der Waals surface area contributed by atoms with Gasteiger partial charge in [-0.15, -0.1) is 0 Å². The van der Waals surface area contributed by atoms with Crippen LogP contribution in [0, 0.1) is 0 Å². The van der Waals surface area contributed by atoms with Crippen molar-refractivity contribution in [2.24, 2.45) is 0 Å². The van der Waals surface area contributed by atoms with Gasteiger partial charge in [-0.2, -0.15) is 0 Å². The Morgan fingerprint density at radius 1 is 1.03 bits per heavy atom. The lowest BCUT2D eigenvalue weighted by Crippen LogP contribution is -2.57. The number of nitrogens with zero attached hydrogens (tertiary/aromatic N) is 2. The number of rotatable bonds is 9. The Bertz CT molecular complexity index is 1020. The first-order valence-corrected chi connectivity index (χ1v) is 11.8. The van der Waals surface area contributed by atoms with Gasteiger partial charge in [-0.1, -0.05) is 36.4 Å². The molecule has 4 N–H and O–H groups in total. The number of urea groups is 1. The van der Waals surface area contributed by atoms with E-state index in [1.165, 1.54) is 11.8 Å². The number of pyridine rings is 1. The van der Waals surface area contributed by atoms with Crippen LogP contribution in [0.2, 0.25) is 0 Å². The van der Waals surface area contributed by atoms with Crippen LogP contribution < -0.4 is 16.0 Å². The van der Waals surface area contributed by atoms with Crippen LogP contribution >= 0.6 is 0 Å². The topological polar surface area (TPSA) is 124 Å². The lowest BCUT2D eigenvalue weighted by molar-refractivity contribution is -0.132. The number of halogens is 2. The van der Waals surface area contributed by atoms with Crippen molar-refractivity contribution in [3.05, 3.63) is 66.0 Å². The number of piperidine rings is 1. The zero-order chi connectivity index (χ0) is 26.1. The number of aliphatic hydroxyl groups excluding tert-OH is 1. The SMILES string of the molecule is C[C@@H](NC(=O)N1CCC(F)(F)CC1)C(=O)N[C@H](Cc1ccccc1)[C@H](O)C(=O)NCc1ccccn1. The van der Waals surface area contributed by atoms with E-state index in [-0.39, 0.29) is 26.1 Å². The molecule has 0 saturated carbocycles. The summed E-state index contributed by atoms with van der Waals surface area (Å²) in [5, 5.41) is 18.5. The molecule has 4 amide bonds. The van der Waals surface area contributed by atoms with E-state index >= 15 is 0 Å². The average molecular weight is 504 g/mol. The van der Waals surface area contributed by atoms with Gasteiger partial charge in [-0.25, -0.2) is 13.6 Å². The summed E-state index contributed by atoms with van der Waals surface area (Å²) in [6.07, 6.45) is -0.696. The summed E-state index contributed by atoms with van der Waals surface area (Å²) in [6, 6.07) is 11.6. The molecule has 1 saturated heterocycles. The van der Waals surface area contributed by atoms with Crippen molar-refractivity contribution in [2.45, 2.75) is 56.8 Å². The summed E-state index contributed by atoms with van der Waals surface area (Å²) < 4.78 is 26.7. The Morgan fingerprint density at radius 3 is 2.33 bits per heavy atom. The molecule has 1 aliphatic rings. The number of hydrogen-bond donors (Lipinski definition) is 4. The maximum absolute atomic E-state index is 13.4. The molecule has 2 heterocycles. The third-order valence-corrected chi connectivity index (χ3v) is 5.96. The molecule has 0 unspecified atom stereocenters. The second kappa shape index (κ2) is 12.4. The predicted molar refractivity (Wildman–Crippen MR) is 128 cm³/mol. The molecule has 0 radical (unpaired) electrons. The van der Waals surface area contributed by atoms with Crippen molar-refractivity contribution >= 4 is 17.8 Å². The highest BCUT2D eigenvalue weighted by molar-refractivity contribution is 5.88. The molecular weight excluding hydrogens is 472 g/mol. The largest absolute Gasteiger partial charge is 0.381 e. The Hall–Kier alpha value is -3.60. The van der Waals surface area contributed by atoms with Crippen LogP contribution in [0.5, 0.6) is 0 Å². The second-order valence-corrected chi connectivity index (χ2v) is 8.80. The van der Waals surface area contributed by atoms with Crippen LogP contribution in [-0.2, 0) is 22.6 Å². The van der Waals surface area contributed by atoms with Gasteiger partial charge in [0, 0.05) is 32.1 Å². The summed E-state index contributed by atoms with van der Waals surface area (Å²) >= 11 is 0. The first-order valence-electron chi connectivity index (χ1n) is 11.8. The van der Waals surface area contributed by atoms with Crippen LogP contribution in [0.3, 0.4) is 0 Å². The Labute approximate surface area is 208 Å². The van der Waals surface area contributed by atoms with Crippen LogP contribution in [0.15, 0.2) is 54.7 Å². The molecule has 0 spiro atoms. The van der Waals surface area contributed by atoms with Crippen LogP contribution in [0.1, 0.15) is 31.0 Å². The zero-order valence-electron chi connectivity index (χ0n) is 20.0.